The van der Waals surface area contributed by atoms with Crippen LogP contribution in [-0.2, 0) is 5.41 Å². The van der Waals surface area contributed by atoms with Crippen molar-refractivity contribution in [3.05, 3.63) is 39.3 Å². The fourth-order valence-corrected chi connectivity index (χ4v) is 2.53. The summed E-state index contributed by atoms with van der Waals surface area (Å²) in [6, 6.07) is 0. The van der Waals surface area contributed by atoms with Gasteiger partial charge in [-0.3, -0.25) is 4.79 Å². The molecule has 1 aromatic heterocycles. The molecule has 1 aliphatic carbocycles. The van der Waals surface area contributed by atoms with Gasteiger partial charge >= 0.3 is 12.4 Å². The molecular weight excluding hydrogens is 300 g/mol. The Balaban J connectivity index is 2.75. The highest BCUT2D eigenvalue weighted by molar-refractivity contribution is 5.67. The lowest BCUT2D eigenvalue weighted by atomic mass is 9.85. The van der Waals surface area contributed by atoms with Crippen molar-refractivity contribution in [3.8, 4) is 0 Å². The molecule has 21 heavy (non-hydrogen) atoms. The van der Waals surface area contributed by atoms with Crippen molar-refractivity contribution >= 4 is 6.08 Å². The minimum absolute atomic E-state index is 0.0847. The number of pyridine rings is 1. The lowest BCUT2D eigenvalue weighted by Crippen LogP contribution is -2.36. The number of aromatic amines is 1. The maximum absolute atomic E-state index is 12.8. The number of H-pyrrole nitrogens is 1. The van der Waals surface area contributed by atoms with Crippen molar-refractivity contribution < 1.29 is 26.3 Å². The number of hydrogen-bond donors (Lipinski definition) is 1. The van der Waals surface area contributed by atoms with E-state index in [4.69, 9.17) is 0 Å². The van der Waals surface area contributed by atoms with Gasteiger partial charge in [-0.15, -0.1) is 0 Å². The van der Waals surface area contributed by atoms with E-state index in [0.717, 1.165) is 6.08 Å². The van der Waals surface area contributed by atoms with E-state index in [1.807, 2.05) is 4.98 Å². The topological polar surface area (TPSA) is 32.9 Å². The van der Waals surface area contributed by atoms with Crippen LogP contribution in [0.5, 0.6) is 0 Å². The first-order valence-electron chi connectivity index (χ1n) is 5.94. The second-order valence-electron chi connectivity index (χ2n) is 5.43. The van der Waals surface area contributed by atoms with Gasteiger partial charge in [0.2, 0.25) is 0 Å². The van der Waals surface area contributed by atoms with Gasteiger partial charge in [0.1, 0.15) is 0 Å². The molecule has 0 fully saturated rings. The van der Waals surface area contributed by atoms with Crippen LogP contribution in [0.15, 0.2) is 17.1 Å². The van der Waals surface area contributed by atoms with Gasteiger partial charge in [-0.05, 0) is 11.1 Å². The van der Waals surface area contributed by atoms with E-state index in [0.29, 0.717) is 6.20 Å². The number of nitrogens with one attached hydrogen (secondary N) is 1. The minimum atomic E-state index is -5.50. The summed E-state index contributed by atoms with van der Waals surface area (Å²) in [6.07, 6.45) is -7.93. The molecule has 1 aliphatic rings. The van der Waals surface area contributed by atoms with Crippen LogP contribution in [-0.4, -0.2) is 17.3 Å². The Bertz CT molecular complexity index is 636. The summed E-state index contributed by atoms with van der Waals surface area (Å²) in [5.74, 6) is -3.63. The van der Waals surface area contributed by atoms with Crippen LogP contribution >= 0.6 is 0 Å². The van der Waals surface area contributed by atoms with E-state index in [-0.39, 0.29) is 11.1 Å². The maximum Gasteiger partial charge on any atom is 0.404 e. The Morgan fingerprint density at radius 1 is 1.10 bits per heavy atom. The zero-order valence-electron chi connectivity index (χ0n) is 11.0. The highest BCUT2D eigenvalue weighted by atomic mass is 19.4. The minimum Gasteiger partial charge on any atom is -0.329 e. The zero-order chi connectivity index (χ0) is 16.2. The second kappa shape index (κ2) is 4.38. The third-order valence-electron chi connectivity index (χ3n) is 3.44. The molecule has 1 N–H and O–H groups in total. The van der Waals surface area contributed by atoms with E-state index in [9.17, 15) is 31.1 Å². The van der Waals surface area contributed by atoms with Crippen LogP contribution in [0.2, 0.25) is 0 Å². The van der Waals surface area contributed by atoms with Crippen molar-refractivity contribution in [2.75, 3.05) is 0 Å². The highest BCUT2D eigenvalue weighted by Crippen LogP contribution is 2.49. The third kappa shape index (κ3) is 2.58. The molecule has 0 aliphatic heterocycles. The van der Waals surface area contributed by atoms with Crippen molar-refractivity contribution in [1.82, 2.24) is 4.98 Å². The lowest BCUT2D eigenvalue weighted by molar-refractivity contribution is -0.253. The molecule has 116 valence electrons. The highest BCUT2D eigenvalue weighted by Gasteiger charge is 2.58. The Kier molecular flexibility index (Phi) is 3.27. The van der Waals surface area contributed by atoms with Gasteiger partial charge in [0.15, 0.2) is 5.92 Å². The number of alkyl halides is 6. The quantitative estimate of drug-likeness (QED) is 0.784. The van der Waals surface area contributed by atoms with Crippen molar-refractivity contribution in [3.63, 3.8) is 0 Å². The van der Waals surface area contributed by atoms with Crippen LogP contribution in [0.25, 0.3) is 6.08 Å². The van der Waals surface area contributed by atoms with Crippen LogP contribution in [0.3, 0.4) is 0 Å². The monoisotopic (exact) mass is 311 g/mol. The number of allylic oxidation sites excluding steroid dienone is 1. The number of rotatable bonds is 1. The Hall–Kier alpha value is -1.73. The summed E-state index contributed by atoms with van der Waals surface area (Å²) >= 11 is 0. The Labute approximate surface area is 115 Å². The Morgan fingerprint density at radius 3 is 2.10 bits per heavy atom. The van der Waals surface area contributed by atoms with Crippen LogP contribution in [0.1, 0.15) is 36.5 Å². The van der Waals surface area contributed by atoms with Gasteiger partial charge in [0.05, 0.1) is 0 Å². The van der Waals surface area contributed by atoms with E-state index >= 15 is 0 Å². The molecule has 0 atom stereocenters. The molecule has 8 heteroatoms. The summed E-state index contributed by atoms with van der Waals surface area (Å²) in [4.78, 5) is 13.7. The molecule has 2 nitrogen and oxygen atoms in total. The van der Waals surface area contributed by atoms with Gasteiger partial charge in [0, 0.05) is 17.2 Å². The number of hydrogen-bond acceptors (Lipinski definition) is 1. The van der Waals surface area contributed by atoms with Crippen molar-refractivity contribution in [2.24, 2.45) is 0 Å². The molecule has 0 bridgehead atoms. The SMILES string of the molecule is CC1(C)C=Cc2c(C(C(F)(F)F)C(F)(F)F)c[nH]c(=O)c21. The lowest BCUT2D eigenvalue weighted by Gasteiger charge is -2.25. The fourth-order valence-electron chi connectivity index (χ4n) is 2.53. The molecule has 1 aromatic rings. The smallest absolute Gasteiger partial charge is 0.329 e. The number of halogens is 6. The van der Waals surface area contributed by atoms with Gasteiger partial charge in [-0.1, -0.05) is 26.0 Å². The number of aromatic nitrogens is 1. The Morgan fingerprint density at radius 2 is 1.62 bits per heavy atom. The molecule has 0 saturated heterocycles. The summed E-state index contributed by atoms with van der Waals surface area (Å²) in [5.41, 5.74) is -2.97. The van der Waals surface area contributed by atoms with Gasteiger partial charge < -0.3 is 4.98 Å². The van der Waals surface area contributed by atoms with Gasteiger partial charge in [-0.2, -0.15) is 26.3 Å². The molecule has 2 rings (SSSR count). The average molecular weight is 311 g/mol. The van der Waals surface area contributed by atoms with E-state index in [1.54, 1.807) is 13.8 Å². The molecule has 0 radical (unpaired) electrons. The van der Waals surface area contributed by atoms with Crippen LogP contribution in [0, 0.1) is 0 Å². The largest absolute Gasteiger partial charge is 0.404 e. The summed E-state index contributed by atoms with van der Waals surface area (Å²) in [6.45, 7) is 3.09. The molecule has 1 heterocycles. The fraction of sp³-hybridized carbons (Fsp3) is 0.462. The second-order valence-corrected chi connectivity index (χ2v) is 5.43. The molecule has 0 saturated carbocycles. The first-order chi connectivity index (χ1) is 9.36. The predicted octanol–water partition coefficient (Wildman–Crippen LogP) is 3.89. The van der Waals surface area contributed by atoms with Crippen molar-refractivity contribution in [2.45, 2.75) is 37.5 Å². The van der Waals surface area contributed by atoms with Crippen LogP contribution < -0.4 is 5.56 Å². The van der Waals surface area contributed by atoms with Gasteiger partial charge in [0.25, 0.3) is 5.56 Å². The third-order valence-corrected chi connectivity index (χ3v) is 3.44. The standard InChI is InChI=1S/C13H11F6NO/c1-11(2)4-3-6-7(5-20-10(21)8(6)11)9(12(14,15)16)13(17,18)19/h3-5,9H,1-2H3,(H,20,21). The molecule has 0 aromatic carbocycles. The first-order valence-corrected chi connectivity index (χ1v) is 5.94. The predicted molar refractivity (Wildman–Crippen MR) is 64.0 cm³/mol. The summed E-state index contributed by atoms with van der Waals surface area (Å²) in [5, 5.41) is 0. The molecule has 0 amide bonds. The maximum atomic E-state index is 12.8. The van der Waals surface area contributed by atoms with Gasteiger partial charge in [-0.25, -0.2) is 0 Å². The number of fused-ring (bicyclic) bond motifs is 1. The summed E-state index contributed by atoms with van der Waals surface area (Å²) in [7, 11) is 0. The van der Waals surface area contributed by atoms with Crippen LogP contribution in [0.4, 0.5) is 26.3 Å². The van der Waals surface area contributed by atoms with E-state index < -0.39 is 34.8 Å². The summed E-state index contributed by atoms with van der Waals surface area (Å²) < 4.78 is 77.0. The average Bonchev–Trinajstić information content (AvgIpc) is 2.56. The zero-order valence-corrected chi connectivity index (χ0v) is 11.0. The first kappa shape index (κ1) is 15.7. The normalized spacial score (nSPS) is 17.4. The van der Waals surface area contributed by atoms with E-state index in [2.05, 4.69) is 0 Å². The molecule has 0 unspecified atom stereocenters. The molecular formula is C13H11F6NO. The van der Waals surface area contributed by atoms with E-state index in [1.165, 1.54) is 6.08 Å². The van der Waals surface area contributed by atoms with Crippen molar-refractivity contribution in [1.29, 1.82) is 0 Å². The molecule has 0 spiro atoms.